The molecule has 1 aromatic rings. The first-order chi connectivity index (χ1) is 11.2. The van der Waals surface area contributed by atoms with Crippen molar-refractivity contribution in [2.45, 2.75) is 31.3 Å². The quantitative estimate of drug-likeness (QED) is 0.888. The summed E-state index contributed by atoms with van der Waals surface area (Å²) in [5, 5.41) is 6.53. The Morgan fingerprint density at radius 3 is 2.96 bits per heavy atom. The van der Waals surface area contributed by atoms with Gasteiger partial charge in [-0.25, -0.2) is 0 Å². The number of H-pyrrole nitrogens is 1. The molecule has 2 amide bonds. The molecule has 1 aromatic heterocycles. The number of nitrogens with one attached hydrogen (secondary N) is 1. The number of hydrogen-bond donors (Lipinski definition) is 1. The highest BCUT2D eigenvalue weighted by Gasteiger charge is 2.49. The average Bonchev–Trinajstić information content (AvgIpc) is 3.18. The maximum atomic E-state index is 12.2. The predicted molar refractivity (Wildman–Crippen MR) is 81.7 cm³/mol. The lowest BCUT2D eigenvalue weighted by Crippen LogP contribution is -2.66. The highest BCUT2D eigenvalue weighted by molar-refractivity contribution is 5.92. The second-order valence-corrected chi connectivity index (χ2v) is 6.97. The van der Waals surface area contributed by atoms with Gasteiger partial charge >= 0.3 is 0 Å². The number of rotatable bonds is 3. The highest BCUT2D eigenvalue weighted by Crippen LogP contribution is 2.37. The van der Waals surface area contributed by atoms with Crippen LogP contribution in [-0.4, -0.2) is 70.2 Å². The maximum Gasteiger partial charge on any atom is 0.272 e. The van der Waals surface area contributed by atoms with Gasteiger partial charge in [-0.2, -0.15) is 5.10 Å². The summed E-state index contributed by atoms with van der Waals surface area (Å²) < 4.78 is 6.10. The number of aromatic nitrogens is 2. The van der Waals surface area contributed by atoms with Crippen LogP contribution in [0.5, 0.6) is 0 Å². The van der Waals surface area contributed by atoms with Crippen LogP contribution in [0.2, 0.25) is 0 Å². The van der Waals surface area contributed by atoms with Gasteiger partial charge in [-0.05, 0) is 25.3 Å². The number of hydrogen-bond acceptors (Lipinski definition) is 4. The van der Waals surface area contributed by atoms with Crippen molar-refractivity contribution in [3.8, 4) is 0 Å². The number of amides is 2. The minimum atomic E-state index is -0.165. The zero-order valence-electron chi connectivity index (χ0n) is 13.2. The molecule has 4 rings (SSSR count). The number of carbonyl (C=O) groups excluding carboxylic acids is 2. The Bertz CT molecular complexity index is 584. The minimum absolute atomic E-state index is 0.0125. The number of nitrogens with zero attached hydrogens (tertiary/aromatic N) is 3. The van der Waals surface area contributed by atoms with Gasteiger partial charge < -0.3 is 14.5 Å². The molecule has 3 aliphatic rings. The molecule has 3 fully saturated rings. The Hall–Kier alpha value is -1.89. The summed E-state index contributed by atoms with van der Waals surface area (Å²) in [7, 11) is 0. The van der Waals surface area contributed by atoms with Gasteiger partial charge in [0.25, 0.3) is 5.91 Å². The normalized spacial score (nSPS) is 26.6. The lowest BCUT2D eigenvalue weighted by atomic mass is 9.82. The zero-order valence-corrected chi connectivity index (χ0v) is 13.2. The maximum absolute atomic E-state index is 12.2. The fourth-order valence-electron chi connectivity index (χ4n) is 3.86. The molecule has 7 heteroatoms. The molecule has 0 aromatic carbocycles. The van der Waals surface area contributed by atoms with Crippen molar-refractivity contribution >= 4 is 11.8 Å². The second kappa shape index (κ2) is 5.63. The molecule has 3 aliphatic heterocycles. The Balaban J connectivity index is 1.26. The van der Waals surface area contributed by atoms with Crippen molar-refractivity contribution in [1.82, 2.24) is 20.0 Å². The van der Waals surface area contributed by atoms with Gasteiger partial charge in [-0.1, -0.05) is 0 Å². The molecule has 3 saturated heterocycles. The molecule has 0 unspecified atom stereocenters. The van der Waals surface area contributed by atoms with Crippen LogP contribution in [0, 0.1) is 5.92 Å². The van der Waals surface area contributed by atoms with E-state index in [-0.39, 0.29) is 17.4 Å². The standard InChI is InChI=1S/C16H22N4O3/c21-14-2-1-7-19(14)8-12-3-5-16(23-9-12)10-20(11-16)15(22)13-4-6-17-18-13/h4,6,12H,1-3,5,7-11H2,(H,17,18)/t12-/m0/s1. The van der Waals surface area contributed by atoms with Gasteiger partial charge in [-0.15, -0.1) is 0 Å². The van der Waals surface area contributed by atoms with Crippen LogP contribution >= 0.6 is 0 Å². The zero-order chi connectivity index (χ0) is 15.9. The smallest absolute Gasteiger partial charge is 0.272 e. The van der Waals surface area contributed by atoms with Crippen LogP contribution in [-0.2, 0) is 9.53 Å². The van der Waals surface area contributed by atoms with Crippen LogP contribution in [0.1, 0.15) is 36.2 Å². The fourth-order valence-corrected chi connectivity index (χ4v) is 3.86. The van der Waals surface area contributed by atoms with E-state index in [0.29, 0.717) is 37.7 Å². The topological polar surface area (TPSA) is 78.5 Å². The van der Waals surface area contributed by atoms with Crippen LogP contribution in [0.15, 0.2) is 12.3 Å². The summed E-state index contributed by atoms with van der Waals surface area (Å²) in [5.41, 5.74) is 0.363. The first kappa shape index (κ1) is 14.7. The lowest BCUT2D eigenvalue weighted by molar-refractivity contribution is -0.169. The lowest BCUT2D eigenvalue weighted by Gasteiger charge is -2.52. The molecule has 1 spiro atoms. The number of likely N-dealkylation sites (tertiary alicyclic amines) is 2. The first-order valence-electron chi connectivity index (χ1n) is 8.36. The molecule has 0 saturated carbocycles. The molecule has 0 radical (unpaired) electrons. The number of aromatic amines is 1. The van der Waals surface area contributed by atoms with E-state index in [4.69, 9.17) is 4.74 Å². The Kier molecular flexibility index (Phi) is 3.60. The summed E-state index contributed by atoms with van der Waals surface area (Å²) in [6, 6.07) is 1.69. The van der Waals surface area contributed by atoms with Gasteiger partial charge in [-0.3, -0.25) is 14.7 Å². The molecule has 4 heterocycles. The van der Waals surface area contributed by atoms with Crippen molar-refractivity contribution in [1.29, 1.82) is 0 Å². The summed E-state index contributed by atoms with van der Waals surface area (Å²) in [4.78, 5) is 27.7. The molecule has 1 atom stereocenters. The second-order valence-electron chi connectivity index (χ2n) is 6.97. The predicted octanol–water partition coefficient (Wildman–Crippen LogP) is 0.653. The van der Waals surface area contributed by atoms with Crippen LogP contribution < -0.4 is 0 Å². The van der Waals surface area contributed by atoms with E-state index in [1.807, 2.05) is 4.90 Å². The molecular weight excluding hydrogens is 296 g/mol. The monoisotopic (exact) mass is 318 g/mol. The first-order valence-corrected chi connectivity index (χ1v) is 8.36. The number of carbonyl (C=O) groups is 2. The van der Waals surface area contributed by atoms with Crippen LogP contribution in [0.4, 0.5) is 0 Å². The third-order valence-corrected chi connectivity index (χ3v) is 5.26. The van der Waals surface area contributed by atoms with E-state index in [2.05, 4.69) is 10.2 Å². The Morgan fingerprint density at radius 1 is 1.48 bits per heavy atom. The summed E-state index contributed by atoms with van der Waals surface area (Å²) in [5.74, 6) is 0.701. The summed E-state index contributed by atoms with van der Waals surface area (Å²) >= 11 is 0. The van der Waals surface area contributed by atoms with Crippen molar-refractivity contribution in [2.75, 3.05) is 32.8 Å². The van der Waals surface area contributed by atoms with E-state index in [1.165, 1.54) is 0 Å². The number of ether oxygens (including phenoxy) is 1. The molecule has 7 nitrogen and oxygen atoms in total. The van der Waals surface area contributed by atoms with Gasteiger partial charge in [0.15, 0.2) is 0 Å². The highest BCUT2D eigenvalue weighted by atomic mass is 16.5. The third-order valence-electron chi connectivity index (χ3n) is 5.26. The average molecular weight is 318 g/mol. The van der Waals surface area contributed by atoms with E-state index >= 15 is 0 Å². The van der Waals surface area contributed by atoms with E-state index in [0.717, 1.165) is 32.4 Å². The largest absolute Gasteiger partial charge is 0.371 e. The van der Waals surface area contributed by atoms with Gasteiger partial charge in [0.2, 0.25) is 5.91 Å². The third kappa shape index (κ3) is 2.73. The van der Waals surface area contributed by atoms with Crippen molar-refractivity contribution in [3.63, 3.8) is 0 Å². The molecule has 0 aliphatic carbocycles. The minimum Gasteiger partial charge on any atom is -0.371 e. The van der Waals surface area contributed by atoms with Crippen molar-refractivity contribution < 1.29 is 14.3 Å². The molecule has 23 heavy (non-hydrogen) atoms. The summed E-state index contributed by atoms with van der Waals surface area (Å²) in [6.45, 7) is 3.72. The van der Waals surface area contributed by atoms with Crippen LogP contribution in [0.25, 0.3) is 0 Å². The van der Waals surface area contributed by atoms with Gasteiger partial charge in [0.1, 0.15) is 11.3 Å². The van der Waals surface area contributed by atoms with Crippen LogP contribution in [0.3, 0.4) is 0 Å². The fraction of sp³-hybridized carbons (Fsp3) is 0.688. The van der Waals surface area contributed by atoms with E-state index in [9.17, 15) is 9.59 Å². The molecule has 1 N–H and O–H groups in total. The van der Waals surface area contributed by atoms with Gasteiger partial charge in [0, 0.05) is 31.6 Å². The molecule has 0 bridgehead atoms. The van der Waals surface area contributed by atoms with E-state index < -0.39 is 0 Å². The Morgan fingerprint density at radius 2 is 2.35 bits per heavy atom. The Labute approximate surface area is 135 Å². The summed E-state index contributed by atoms with van der Waals surface area (Å²) in [6.07, 6.45) is 5.30. The van der Waals surface area contributed by atoms with E-state index in [1.54, 1.807) is 17.2 Å². The van der Waals surface area contributed by atoms with Crippen molar-refractivity contribution in [3.05, 3.63) is 18.0 Å². The molecular formula is C16H22N4O3. The van der Waals surface area contributed by atoms with Crippen molar-refractivity contribution in [2.24, 2.45) is 5.92 Å². The molecule has 124 valence electrons. The SMILES string of the molecule is O=C1CCCN1C[C@@H]1CCC2(CN(C(=O)c3ccn[nH]3)C2)OC1. The van der Waals surface area contributed by atoms with Gasteiger partial charge in [0.05, 0.1) is 19.7 Å².